The zero-order valence-electron chi connectivity index (χ0n) is 15.1. The summed E-state index contributed by atoms with van der Waals surface area (Å²) < 4.78 is 15.3. The summed E-state index contributed by atoms with van der Waals surface area (Å²) >= 11 is 12.2. The quantitative estimate of drug-likeness (QED) is 0.695. The summed E-state index contributed by atoms with van der Waals surface area (Å²) in [6.07, 6.45) is -0.0143. The van der Waals surface area contributed by atoms with E-state index in [0.717, 1.165) is 5.56 Å². The summed E-state index contributed by atoms with van der Waals surface area (Å²) in [7, 11) is 3.03. The lowest BCUT2D eigenvalue weighted by Crippen LogP contribution is -2.22. The fraction of sp³-hybridized carbons (Fsp3) is 0.263. The molecule has 2 aromatic carbocycles. The lowest BCUT2D eigenvalue weighted by atomic mass is 10.1. The number of carbonyl (C=O) groups excluding carboxylic acids is 2. The van der Waals surface area contributed by atoms with Gasteiger partial charge in [-0.2, -0.15) is 0 Å². The Kier molecular flexibility index (Phi) is 7.33. The van der Waals surface area contributed by atoms with Crippen molar-refractivity contribution in [1.29, 1.82) is 0 Å². The average Bonchev–Trinajstić information content (AvgIpc) is 2.66. The Balaban J connectivity index is 1.92. The number of hydrogen-bond acceptors (Lipinski definition) is 5. The topological polar surface area (TPSA) is 73.9 Å². The van der Waals surface area contributed by atoms with Crippen LogP contribution < -0.4 is 14.8 Å². The van der Waals surface area contributed by atoms with E-state index in [1.165, 1.54) is 14.2 Å². The smallest absolute Gasteiger partial charge is 0.310 e. The van der Waals surface area contributed by atoms with Crippen LogP contribution in [-0.4, -0.2) is 32.7 Å². The first-order chi connectivity index (χ1) is 12.8. The third-order valence-electron chi connectivity index (χ3n) is 3.71. The maximum atomic E-state index is 12.0. The maximum absolute atomic E-state index is 12.0. The number of esters is 1. The number of amides is 1. The van der Waals surface area contributed by atoms with E-state index >= 15 is 0 Å². The number of halogens is 2. The molecule has 0 radical (unpaired) electrons. The Labute approximate surface area is 167 Å². The van der Waals surface area contributed by atoms with Gasteiger partial charge in [0.05, 0.1) is 36.4 Å². The van der Waals surface area contributed by atoms with Gasteiger partial charge in [0.2, 0.25) is 0 Å². The minimum absolute atomic E-state index is 0.0143. The maximum Gasteiger partial charge on any atom is 0.310 e. The molecule has 0 aliphatic rings. The predicted octanol–water partition coefficient (Wildman–Crippen LogP) is 4.04. The van der Waals surface area contributed by atoms with E-state index in [1.807, 2.05) is 0 Å². The van der Waals surface area contributed by atoms with Crippen LogP contribution >= 0.6 is 23.2 Å². The molecule has 0 heterocycles. The Hall–Kier alpha value is -2.44. The second-order valence-electron chi connectivity index (χ2n) is 5.63. The number of nitrogens with one attached hydrogen (secondary N) is 1. The summed E-state index contributed by atoms with van der Waals surface area (Å²) in [6.45, 7) is 1.34. The molecule has 2 aromatic rings. The van der Waals surface area contributed by atoms with Gasteiger partial charge in [0, 0.05) is 0 Å². The molecule has 1 N–H and O–H groups in total. The normalized spacial score (nSPS) is 10.3. The van der Waals surface area contributed by atoms with Crippen LogP contribution in [0.3, 0.4) is 0 Å². The van der Waals surface area contributed by atoms with Gasteiger partial charge in [0.1, 0.15) is 0 Å². The highest BCUT2D eigenvalue weighted by Crippen LogP contribution is 2.32. The second kappa shape index (κ2) is 9.48. The Morgan fingerprint density at radius 3 is 2.41 bits per heavy atom. The van der Waals surface area contributed by atoms with Crippen LogP contribution in [0.5, 0.6) is 11.5 Å². The van der Waals surface area contributed by atoms with E-state index in [1.54, 1.807) is 37.3 Å². The molecular formula is C19H19Cl2NO5. The number of anilines is 1. The van der Waals surface area contributed by atoms with Gasteiger partial charge in [0.15, 0.2) is 18.1 Å². The molecule has 1 amide bonds. The first kappa shape index (κ1) is 20.9. The van der Waals surface area contributed by atoms with Crippen molar-refractivity contribution < 1.29 is 23.8 Å². The van der Waals surface area contributed by atoms with Crippen LogP contribution in [0.2, 0.25) is 10.0 Å². The van der Waals surface area contributed by atoms with Crippen molar-refractivity contribution >= 4 is 40.8 Å². The SMILES string of the molecule is COc1ccc(CC(=O)OCC(=O)Nc2c(Cl)ccc(C)c2Cl)cc1OC. The molecule has 0 unspecified atom stereocenters. The van der Waals surface area contributed by atoms with Crippen LogP contribution in [0, 0.1) is 6.92 Å². The van der Waals surface area contributed by atoms with Crippen LogP contribution in [0.4, 0.5) is 5.69 Å². The number of carbonyl (C=O) groups is 2. The minimum atomic E-state index is -0.557. The van der Waals surface area contributed by atoms with Gasteiger partial charge in [-0.05, 0) is 36.2 Å². The fourth-order valence-corrected chi connectivity index (χ4v) is 2.77. The molecule has 0 aromatic heterocycles. The van der Waals surface area contributed by atoms with E-state index in [0.29, 0.717) is 32.8 Å². The van der Waals surface area contributed by atoms with Crippen molar-refractivity contribution in [2.75, 3.05) is 26.1 Å². The Bertz CT molecular complexity index is 854. The van der Waals surface area contributed by atoms with Crippen LogP contribution in [0.25, 0.3) is 0 Å². The average molecular weight is 412 g/mol. The molecule has 6 nitrogen and oxygen atoms in total. The largest absolute Gasteiger partial charge is 0.493 e. The van der Waals surface area contributed by atoms with Gasteiger partial charge in [-0.3, -0.25) is 9.59 Å². The van der Waals surface area contributed by atoms with Crippen LogP contribution in [0.1, 0.15) is 11.1 Å². The van der Waals surface area contributed by atoms with Crippen molar-refractivity contribution in [2.45, 2.75) is 13.3 Å². The predicted molar refractivity (Wildman–Crippen MR) is 104 cm³/mol. The van der Waals surface area contributed by atoms with Crippen LogP contribution in [0.15, 0.2) is 30.3 Å². The van der Waals surface area contributed by atoms with Gasteiger partial charge in [-0.1, -0.05) is 35.3 Å². The first-order valence-electron chi connectivity index (χ1n) is 7.96. The molecular weight excluding hydrogens is 393 g/mol. The lowest BCUT2D eigenvalue weighted by Gasteiger charge is -2.12. The zero-order valence-corrected chi connectivity index (χ0v) is 16.6. The van der Waals surface area contributed by atoms with Crippen molar-refractivity contribution in [3.63, 3.8) is 0 Å². The summed E-state index contributed by atoms with van der Waals surface area (Å²) in [5.41, 5.74) is 1.73. The van der Waals surface area contributed by atoms with Crippen molar-refractivity contribution in [3.8, 4) is 11.5 Å². The summed E-state index contributed by atoms with van der Waals surface area (Å²) in [5.74, 6) is -0.0333. The summed E-state index contributed by atoms with van der Waals surface area (Å²) in [6, 6.07) is 8.45. The zero-order chi connectivity index (χ0) is 20.0. The van der Waals surface area contributed by atoms with Gasteiger partial charge < -0.3 is 19.5 Å². The van der Waals surface area contributed by atoms with Crippen molar-refractivity contribution in [3.05, 3.63) is 51.5 Å². The van der Waals surface area contributed by atoms with E-state index in [9.17, 15) is 9.59 Å². The molecule has 0 saturated carbocycles. The molecule has 0 aliphatic heterocycles. The third-order valence-corrected chi connectivity index (χ3v) is 4.51. The lowest BCUT2D eigenvalue weighted by molar-refractivity contribution is -0.146. The number of ether oxygens (including phenoxy) is 3. The Morgan fingerprint density at radius 1 is 1.04 bits per heavy atom. The van der Waals surface area contributed by atoms with Crippen LogP contribution in [-0.2, 0) is 20.7 Å². The highest BCUT2D eigenvalue weighted by Gasteiger charge is 2.14. The molecule has 27 heavy (non-hydrogen) atoms. The summed E-state index contributed by atoms with van der Waals surface area (Å²) in [4.78, 5) is 24.0. The monoisotopic (exact) mass is 411 g/mol. The third kappa shape index (κ3) is 5.52. The van der Waals surface area contributed by atoms with E-state index in [-0.39, 0.29) is 6.42 Å². The number of hydrogen-bond donors (Lipinski definition) is 1. The van der Waals surface area contributed by atoms with Gasteiger partial charge >= 0.3 is 5.97 Å². The minimum Gasteiger partial charge on any atom is -0.493 e. The van der Waals surface area contributed by atoms with Crippen molar-refractivity contribution in [2.24, 2.45) is 0 Å². The molecule has 8 heteroatoms. The number of benzene rings is 2. The number of rotatable bonds is 7. The molecule has 0 aliphatic carbocycles. The van der Waals surface area contributed by atoms with Gasteiger partial charge in [-0.25, -0.2) is 0 Å². The Morgan fingerprint density at radius 2 is 1.74 bits per heavy atom. The first-order valence-corrected chi connectivity index (χ1v) is 8.72. The number of aryl methyl sites for hydroxylation is 1. The van der Waals surface area contributed by atoms with Gasteiger partial charge in [0.25, 0.3) is 5.91 Å². The molecule has 0 fully saturated rings. The van der Waals surface area contributed by atoms with E-state index in [2.05, 4.69) is 5.32 Å². The molecule has 144 valence electrons. The molecule has 0 spiro atoms. The fourth-order valence-electron chi connectivity index (χ4n) is 2.30. The summed E-state index contributed by atoms with van der Waals surface area (Å²) in [5, 5.41) is 3.20. The highest BCUT2D eigenvalue weighted by atomic mass is 35.5. The molecule has 2 rings (SSSR count). The highest BCUT2D eigenvalue weighted by molar-refractivity contribution is 6.40. The van der Waals surface area contributed by atoms with E-state index in [4.69, 9.17) is 37.4 Å². The molecule has 0 saturated heterocycles. The van der Waals surface area contributed by atoms with Crippen molar-refractivity contribution in [1.82, 2.24) is 0 Å². The molecule has 0 atom stereocenters. The standard InChI is InChI=1S/C19H19Cl2NO5/c1-11-4-6-13(20)19(18(11)21)22-16(23)10-27-17(24)9-12-5-7-14(25-2)15(8-12)26-3/h4-8H,9-10H2,1-3H3,(H,22,23). The number of methoxy groups -OCH3 is 2. The second-order valence-corrected chi connectivity index (χ2v) is 6.41. The molecule has 0 bridgehead atoms. The van der Waals surface area contributed by atoms with E-state index < -0.39 is 18.5 Å². The van der Waals surface area contributed by atoms with Gasteiger partial charge in [-0.15, -0.1) is 0 Å².